The van der Waals surface area contributed by atoms with E-state index >= 15 is 0 Å². The Hall–Kier alpha value is -2.96. The maximum absolute atomic E-state index is 12.9. The molecule has 182 valence electrons. The van der Waals surface area contributed by atoms with Crippen molar-refractivity contribution in [1.82, 2.24) is 13.9 Å². The summed E-state index contributed by atoms with van der Waals surface area (Å²) in [5.41, 5.74) is 0.394. The van der Waals surface area contributed by atoms with Crippen molar-refractivity contribution in [2.45, 2.75) is 23.9 Å². The van der Waals surface area contributed by atoms with Crippen LogP contribution in [0.25, 0.3) is 11.0 Å². The van der Waals surface area contributed by atoms with Crippen molar-refractivity contribution < 1.29 is 31.1 Å². The second kappa shape index (κ2) is 9.35. The highest BCUT2D eigenvalue weighted by molar-refractivity contribution is 7.89. The molecule has 0 aliphatic carbocycles. The second-order valence-corrected chi connectivity index (χ2v) is 9.82. The lowest BCUT2D eigenvalue weighted by molar-refractivity contribution is -0.137. The van der Waals surface area contributed by atoms with E-state index in [2.05, 4.69) is 10.3 Å². The Kier molecular flexibility index (Phi) is 6.65. The van der Waals surface area contributed by atoms with Crippen LogP contribution in [-0.2, 0) is 39.2 Å². The van der Waals surface area contributed by atoms with E-state index in [1.165, 1.54) is 28.6 Å². The van der Waals surface area contributed by atoms with Crippen LogP contribution in [0.1, 0.15) is 17.8 Å². The second-order valence-electron chi connectivity index (χ2n) is 7.88. The number of imidazole rings is 1. The van der Waals surface area contributed by atoms with E-state index in [-0.39, 0.29) is 36.5 Å². The topological polar surface area (TPSA) is 93.5 Å². The Balaban J connectivity index is 1.46. The Labute approximate surface area is 194 Å². The molecular weight excluding hydrogens is 473 g/mol. The van der Waals surface area contributed by atoms with Gasteiger partial charge in [-0.3, -0.25) is 4.79 Å². The van der Waals surface area contributed by atoms with Gasteiger partial charge < -0.3 is 14.6 Å². The van der Waals surface area contributed by atoms with E-state index in [1.807, 2.05) is 0 Å². The monoisotopic (exact) mass is 496 g/mol. The van der Waals surface area contributed by atoms with E-state index in [0.29, 0.717) is 30.1 Å². The lowest BCUT2D eigenvalue weighted by atomic mass is 10.2. The number of nitrogens with zero attached hydrogens (tertiary/aromatic N) is 3. The first-order valence-electron chi connectivity index (χ1n) is 10.6. The summed E-state index contributed by atoms with van der Waals surface area (Å²) in [5, 5.41) is 2.47. The van der Waals surface area contributed by atoms with Crippen LogP contribution in [0.15, 0.2) is 47.4 Å². The lowest BCUT2D eigenvalue weighted by Crippen LogP contribution is -2.40. The van der Waals surface area contributed by atoms with Gasteiger partial charge in [-0.15, -0.1) is 0 Å². The number of nitrogens with one attached hydrogen (secondary N) is 1. The van der Waals surface area contributed by atoms with Crippen molar-refractivity contribution in [2.75, 3.05) is 31.6 Å². The molecule has 1 aliphatic heterocycles. The van der Waals surface area contributed by atoms with Gasteiger partial charge in [-0.1, -0.05) is 6.07 Å². The van der Waals surface area contributed by atoms with Crippen LogP contribution in [0.2, 0.25) is 0 Å². The van der Waals surface area contributed by atoms with Crippen molar-refractivity contribution in [3.63, 3.8) is 0 Å². The van der Waals surface area contributed by atoms with Crippen molar-refractivity contribution in [1.29, 1.82) is 0 Å². The van der Waals surface area contributed by atoms with Gasteiger partial charge in [0.05, 0.1) is 34.7 Å². The maximum Gasteiger partial charge on any atom is 0.416 e. The first kappa shape index (κ1) is 24.2. The molecule has 8 nitrogen and oxygen atoms in total. The molecule has 1 fully saturated rings. The number of halogens is 3. The number of anilines is 1. The normalized spacial score (nSPS) is 15.5. The van der Waals surface area contributed by atoms with Gasteiger partial charge in [-0.2, -0.15) is 17.5 Å². The number of rotatable bonds is 6. The Bertz CT molecular complexity index is 1320. The molecule has 1 N–H and O–H groups in total. The van der Waals surface area contributed by atoms with Crippen LogP contribution in [0.5, 0.6) is 0 Å². The van der Waals surface area contributed by atoms with Crippen LogP contribution in [0, 0.1) is 0 Å². The predicted molar refractivity (Wildman–Crippen MR) is 119 cm³/mol. The molecule has 0 saturated carbocycles. The Morgan fingerprint density at radius 3 is 2.59 bits per heavy atom. The number of alkyl halides is 3. The maximum atomic E-state index is 12.9. The standard InChI is InChI=1S/C22H23F3N4O4S/c1-28-19-6-5-17(34(31,32)29-9-11-33-12-10-29)14-18(19)27-20(28)7-8-21(30)26-16-4-2-3-15(13-16)22(23,24)25/h2-6,13-14H,7-12H2,1H3,(H,26,30). The number of hydrogen-bond acceptors (Lipinski definition) is 5. The first-order valence-corrected chi connectivity index (χ1v) is 12.0. The highest BCUT2D eigenvalue weighted by Crippen LogP contribution is 2.30. The zero-order chi connectivity index (χ0) is 24.5. The fourth-order valence-corrected chi connectivity index (χ4v) is 5.20. The lowest BCUT2D eigenvalue weighted by Gasteiger charge is -2.26. The van der Waals surface area contributed by atoms with E-state index in [0.717, 1.165) is 12.1 Å². The molecule has 2 heterocycles. The minimum atomic E-state index is -4.50. The molecule has 2 aromatic carbocycles. The quantitative estimate of drug-likeness (QED) is 0.566. The van der Waals surface area contributed by atoms with Gasteiger partial charge in [0.15, 0.2) is 0 Å². The Morgan fingerprint density at radius 1 is 1.15 bits per heavy atom. The molecule has 12 heteroatoms. The average molecular weight is 497 g/mol. The third-order valence-corrected chi connectivity index (χ3v) is 7.50. The number of carbonyl (C=O) groups is 1. The SMILES string of the molecule is Cn1c(CCC(=O)Nc2cccc(C(F)(F)F)c2)nc2cc(S(=O)(=O)N3CCOCC3)ccc21. The molecule has 1 saturated heterocycles. The molecule has 0 atom stereocenters. The first-order chi connectivity index (χ1) is 16.1. The summed E-state index contributed by atoms with van der Waals surface area (Å²) in [6.45, 7) is 1.26. The molecule has 0 bridgehead atoms. The molecule has 1 aromatic heterocycles. The number of aryl methyl sites for hydroxylation is 2. The molecule has 4 rings (SSSR count). The number of carbonyl (C=O) groups excluding carboxylic acids is 1. The number of morpholine rings is 1. The van der Waals surface area contributed by atoms with Gasteiger partial charge in [0.1, 0.15) is 5.82 Å². The summed E-state index contributed by atoms with van der Waals surface area (Å²) in [7, 11) is -1.92. The van der Waals surface area contributed by atoms with Crippen molar-refractivity contribution in [3.8, 4) is 0 Å². The molecule has 3 aromatic rings. The number of fused-ring (bicyclic) bond motifs is 1. The molecule has 1 aliphatic rings. The van der Waals surface area contributed by atoms with Crippen molar-refractivity contribution in [3.05, 3.63) is 53.9 Å². The molecule has 0 spiro atoms. The van der Waals surface area contributed by atoms with Crippen LogP contribution < -0.4 is 5.32 Å². The van der Waals surface area contributed by atoms with Gasteiger partial charge >= 0.3 is 6.18 Å². The van der Waals surface area contributed by atoms with E-state index < -0.39 is 27.7 Å². The molecule has 0 radical (unpaired) electrons. The molecular formula is C22H23F3N4O4S. The third kappa shape index (κ3) is 5.08. The fourth-order valence-electron chi connectivity index (χ4n) is 3.77. The van der Waals surface area contributed by atoms with Gasteiger partial charge in [-0.25, -0.2) is 13.4 Å². The number of ether oxygens (including phenoxy) is 1. The van der Waals surface area contributed by atoms with Crippen molar-refractivity contribution in [2.24, 2.45) is 7.05 Å². The predicted octanol–water partition coefficient (Wildman–Crippen LogP) is 3.18. The zero-order valence-corrected chi connectivity index (χ0v) is 19.1. The number of sulfonamides is 1. The van der Waals surface area contributed by atoms with Gasteiger partial charge in [0.25, 0.3) is 0 Å². The summed E-state index contributed by atoms with van der Waals surface area (Å²) < 4.78 is 72.8. The van der Waals surface area contributed by atoms with Crippen LogP contribution >= 0.6 is 0 Å². The molecule has 34 heavy (non-hydrogen) atoms. The summed E-state index contributed by atoms with van der Waals surface area (Å²) in [4.78, 5) is 16.9. The smallest absolute Gasteiger partial charge is 0.379 e. The Morgan fingerprint density at radius 2 is 1.88 bits per heavy atom. The van der Waals surface area contributed by atoms with Gasteiger partial charge in [0, 0.05) is 38.7 Å². The third-order valence-electron chi connectivity index (χ3n) is 5.60. The largest absolute Gasteiger partial charge is 0.416 e. The minimum absolute atomic E-state index is 0.00760. The van der Waals surface area contributed by atoms with E-state index in [4.69, 9.17) is 4.74 Å². The average Bonchev–Trinajstić information content (AvgIpc) is 3.13. The van der Waals surface area contributed by atoms with Crippen molar-refractivity contribution >= 4 is 32.7 Å². The number of benzene rings is 2. The summed E-state index contributed by atoms with van der Waals surface area (Å²) in [5.74, 6) is 0.0945. The van der Waals surface area contributed by atoms with E-state index in [1.54, 1.807) is 17.7 Å². The number of aromatic nitrogens is 2. The van der Waals surface area contributed by atoms with Gasteiger partial charge in [-0.05, 0) is 36.4 Å². The van der Waals surface area contributed by atoms with Crippen LogP contribution in [0.4, 0.5) is 18.9 Å². The minimum Gasteiger partial charge on any atom is -0.379 e. The van der Waals surface area contributed by atoms with E-state index in [9.17, 15) is 26.4 Å². The fraction of sp³-hybridized carbons (Fsp3) is 0.364. The molecule has 0 unspecified atom stereocenters. The summed E-state index contributed by atoms with van der Waals surface area (Å²) in [6, 6.07) is 9.13. The van der Waals surface area contributed by atoms with Crippen LogP contribution in [0.3, 0.4) is 0 Å². The molecule has 1 amide bonds. The summed E-state index contributed by atoms with van der Waals surface area (Å²) in [6.07, 6.45) is -4.28. The zero-order valence-electron chi connectivity index (χ0n) is 18.3. The van der Waals surface area contributed by atoms with Crippen LogP contribution in [-0.4, -0.2) is 54.5 Å². The summed E-state index contributed by atoms with van der Waals surface area (Å²) >= 11 is 0. The highest BCUT2D eigenvalue weighted by atomic mass is 32.2. The number of amides is 1. The number of hydrogen-bond donors (Lipinski definition) is 1. The highest BCUT2D eigenvalue weighted by Gasteiger charge is 2.30. The van der Waals surface area contributed by atoms with Gasteiger partial charge in [0.2, 0.25) is 15.9 Å².